The number of hydrogen-bond acceptors (Lipinski definition) is 0. The average molecular weight is 425 g/mol. The number of aryl methyl sites for hydroxylation is 4. The summed E-state index contributed by atoms with van der Waals surface area (Å²) in [7, 11) is 0. The summed E-state index contributed by atoms with van der Waals surface area (Å²) in [5, 5.41) is 0. The molecule has 1 aliphatic heterocycles. The van der Waals surface area contributed by atoms with Crippen LogP contribution in [0.3, 0.4) is 0 Å². The SMILES string of the molecule is Cc1ccc2c[n+]1Cc1ccc(C)[n+](c1)Cc1ccc(C)[n+](c1)Cc1ccc(C)[n+](c1)C2. The molecule has 4 aromatic rings. The molecule has 160 valence electrons. The van der Waals surface area contributed by atoms with Crippen LogP contribution in [0.15, 0.2) is 73.3 Å². The van der Waals surface area contributed by atoms with Gasteiger partial charge in [0.15, 0.2) is 73.7 Å². The van der Waals surface area contributed by atoms with Gasteiger partial charge < -0.3 is 0 Å². The largest absolute Gasteiger partial charge is 0.198 e. The van der Waals surface area contributed by atoms with Crippen LogP contribution in [0.5, 0.6) is 0 Å². The van der Waals surface area contributed by atoms with Gasteiger partial charge in [0.1, 0.15) is 0 Å². The first kappa shape index (κ1) is 20.5. The molecule has 1 aliphatic rings. The molecule has 0 radical (unpaired) electrons. The fourth-order valence-electron chi connectivity index (χ4n) is 4.52. The van der Waals surface area contributed by atoms with Crippen molar-refractivity contribution in [3.63, 3.8) is 0 Å². The third-order valence-electron chi connectivity index (χ3n) is 6.66. The first-order valence-electron chi connectivity index (χ1n) is 11.4. The zero-order valence-corrected chi connectivity index (χ0v) is 19.5. The summed E-state index contributed by atoms with van der Waals surface area (Å²) in [4.78, 5) is 0. The molecule has 5 heterocycles. The van der Waals surface area contributed by atoms with Crippen molar-refractivity contribution in [3.05, 3.63) is 118 Å². The third kappa shape index (κ3) is 4.18. The maximum atomic E-state index is 2.37. The van der Waals surface area contributed by atoms with Gasteiger partial charge >= 0.3 is 0 Å². The minimum atomic E-state index is 0.873. The quantitative estimate of drug-likeness (QED) is 0.340. The Bertz CT molecular complexity index is 1120. The normalized spacial score (nSPS) is 13.1. The molecule has 4 aromatic heterocycles. The molecule has 0 spiro atoms. The minimum Gasteiger partial charge on any atom is -0.198 e. The average Bonchev–Trinajstić information content (AvgIpc) is 2.77. The zero-order valence-electron chi connectivity index (χ0n) is 19.5. The Kier molecular flexibility index (Phi) is 5.30. The third-order valence-corrected chi connectivity index (χ3v) is 6.66. The van der Waals surface area contributed by atoms with Gasteiger partial charge in [0.25, 0.3) is 0 Å². The molecule has 0 fully saturated rings. The van der Waals surface area contributed by atoms with Gasteiger partial charge in [-0.05, 0) is 24.3 Å². The van der Waals surface area contributed by atoms with Gasteiger partial charge in [-0.2, -0.15) is 18.3 Å². The van der Waals surface area contributed by atoms with Gasteiger partial charge in [-0.1, -0.05) is 0 Å². The van der Waals surface area contributed by atoms with E-state index >= 15 is 0 Å². The van der Waals surface area contributed by atoms with Crippen LogP contribution in [0.2, 0.25) is 0 Å². The predicted molar refractivity (Wildman–Crippen MR) is 122 cm³/mol. The van der Waals surface area contributed by atoms with Crippen molar-refractivity contribution in [2.75, 3.05) is 0 Å². The van der Waals surface area contributed by atoms with E-state index in [-0.39, 0.29) is 0 Å². The molecule has 0 saturated carbocycles. The molecule has 4 nitrogen and oxygen atoms in total. The molecule has 0 N–H and O–H groups in total. The molecule has 8 bridgehead atoms. The Morgan fingerprint density at radius 2 is 0.594 bits per heavy atom. The van der Waals surface area contributed by atoms with E-state index in [2.05, 4.69) is 119 Å². The first-order valence-corrected chi connectivity index (χ1v) is 11.4. The molecule has 5 rings (SSSR count). The lowest BCUT2D eigenvalue weighted by molar-refractivity contribution is -0.718. The van der Waals surface area contributed by atoms with Crippen LogP contribution in [0.25, 0.3) is 0 Å². The smallest absolute Gasteiger partial charge is 0.179 e. The topological polar surface area (TPSA) is 15.5 Å². The Balaban J connectivity index is 1.67. The summed E-state index contributed by atoms with van der Waals surface area (Å²) in [5.74, 6) is 0. The molecule has 0 aliphatic carbocycles. The van der Waals surface area contributed by atoms with Crippen LogP contribution in [0, 0.1) is 27.7 Å². The number of hydrogen-bond donors (Lipinski definition) is 0. The Morgan fingerprint density at radius 1 is 0.375 bits per heavy atom. The Labute approximate surface area is 190 Å². The lowest BCUT2D eigenvalue weighted by Crippen LogP contribution is -2.45. The van der Waals surface area contributed by atoms with Crippen molar-refractivity contribution >= 4 is 0 Å². The van der Waals surface area contributed by atoms with Crippen LogP contribution in [0.1, 0.15) is 45.0 Å². The van der Waals surface area contributed by atoms with Gasteiger partial charge in [0.05, 0.1) is 22.3 Å². The fourth-order valence-corrected chi connectivity index (χ4v) is 4.52. The Hall–Kier alpha value is -3.40. The van der Waals surface area contributed by atoms with E-state index in [4.69, 9.17) is 0 Å². The van der Waals surface area contributed by atoms with Crippen molar-refractivity contribution in [2.45, 2.75) is 53.9 Å². The molecule has 0 saturated heterocycles. The number of rotatable bonds is 0. The molecule has 32 heavy (non-hydrogen) atoms. The first-order chi connectivity index (χ1) is 15.4. The van der Waals surface area contributed by atoms with Gasteiger partial charge in [-0.15, -0.1) is 0 Å². The van der Waals surface area contributed by atoms with E-state index in [0.717, 1.165) is 26.2 Å². The summed E-state index contributed by atoms with van der Waals surface area (Å²) in [6, 6.07) is 18.0. The van der Waals surface area contributed by atoms with Crippen LogP contribution in [-0.2, 0) is 26.2 Å². The summed E-state index contributed by atoms with van der Waals surface area (Å²) in [5.41, 5.74) is 10.4. The molecule has 0 atom stereocenters. The second-order valence-electron chi connectivity index (χ2n) is 9.23. The predicted octanol–water partition coefficient (Wildman–Crippen LogP) is 2.58. The van der Waals surface area contributed by atoms with E-state index < -0.39 is 0 Å². The summed E-state index contributed by atoms with van der Waals surface area (Å²) >= 11 is 0. The monoisotopic (exact) mass is 424 g/mol. The zero-order chi connectivity index (χ0) is 22.2. The number of nitrogens with zero attached hydrogens (tertiary/aromatic N) is 4. The number of aromatic nitrogens is 4. The van der Waals surface area contributed by atoms with E-state index in [1.165, 1.54) is 45.0 Å². The van der Waals surface area contributed by atoms with E-state index in [1.807, 2.05) is 0 Å². The van der Waals surface area contributed by atoms with Crippen molar-refractivity contribution in [3.8, 4) is 0 Å². The highest BCUT2D eigenvalue weighted by molar-refractivity contribution is 5.14. The molecule has 0 aromatic carbocycles. The maximum absolute atomic E-state index is 2.37. The fraction of sp³-hybridized carbons (Fsp3) is 0.286. The van der Waals surface area contributed by atoms with Crippen LogP contribution in [-0.4, -0.2) is 0 Å². The molecule has 0 unspecified atom stereocenters. The van der Waals surface area contributed by atoms with E-state index in [0.29, 0.717) is 0 Å². The van der Waals surface area contributed by atoms with Crippen molar-refractivity contribution in [2.24, 2.45) is 0 Å². The van der Waals surface area contributed by atoms with E-state index in [1.54, 1.807) is 0 Å². The van der Waals surface area contributed by atoms with Crippen LogP contribution >= 0.6 is 0 Å². The second-order valence-corrected chi connectivity index (χ2v) is 9.23. The standard InChI is InChI=1S/C28H32N4/c1-21-5-9-25-13-29(21)17-26-10-6-22(2)30(14-26)19-28-12-8-24(4)32(16-28)20-27-11-7-23(3)31(15-27)18-25/h5-16H,17-20H2,1-4H3/q+4. The minimum absolute atomic E-state index is 0.873. The highest BCUT2D eigenvalue weighted by Crippen LogP contribution is 2.07. The van der Waals surface area contributed by atoms with E-state index in [9.17, 15) is 0 Å². The summed E-state index contributed by atoms with van der Waals surface area (Å²) < 4.78 is 9.48. The molecule has 4 heteroatoms. The molecular formula is C28H32N4+4. The number of pyridine rings is 4. The Morgan fingerprint density at radius 3 is 0.812 bits per heavy atom. The lowest BCUT2D eigenvalue weighted by atomic mass is 10.1. The summed E-state index contributed by atoms with van der Waals surface area (Å²) in [6.07, 6.45) is 9.25. The highest BCUT2D eigenvalue weighted by Gasteiger charge is 2.20. The van der Waals surface area contributed by atoms with Crippen molar-refractivity contribution in [1.82, 2.24) is 0 Å². The number of fused-ring (bicyclic) bond motifs is 8. The summed E-state index contributed by atoms with van der Waals surface area (Å²) in [6.45, 7) is 12.2. The van der Waals surface area contributed by atoms with Crippen molar-refractivity contribution < 1.29 is 18.3 Å². The van der Waals surface area contributed by atoms with Gasteiger partial charge in [0.2, 0.25) is 0 Å². The molecule has 0 amide bonds. The van der Waals surface area contributed by atoms with Crippen LogP contribution < -0.4 is 18.3 Å². The van der Waals surface area contributed by atoms with Crippen LogP contribution in [0.4, 0.5) is 0 Å². The lowest BCUT2D eigenvalue weighted by Gasteiger charge is -2.08. The van der Waals surface area contributed by atoms with Crippen molar-refractivity contribution in [1.29, 1.82) is 0 Å². The van der Waals surface area contributed by atoms with Gasteiger partial charge in [-0.25, -0.2) is 0 Å². The molecular weight excluding hydrogens is 392 g/mol. The highest BCUT2D eigenvalue weighted by atomic mass is 15.0. The second kappa shape index (κ2) is 8.27. The van der Waals surface area contributed by atoms with Gasteiger partial charge in [0, 0.05) is 52.0 Å². The maximum Gasteiger partial charge on any atom is 0.179 e. The van der Waals surface area contributed by atoms with Gasteiger partial charge in [-0.3, -0.25) is 0 Å².